The summed E-state index contributed by atoms with van der Waals surface area (Å²) < 4.78 is 22.3. The second-order valence-corrected chi connectivity index (χ2v) is 8.60. The quantitative estimate of drug-likeness (QED) is 0.852. The van der Waals surface area contributed by atoms with Crippen LogP contribution in [0.5, 0.6) is 0 Å². The molecule has 0 saturated carbocycles. The van der Waals surface area contributed by atoms with E-state index in [0.717, 1.165) is 38.7 Å². The van der Waals surface area contributed by atoms with Gasteiger partial charge in [0.15, 0.2) is 9.84 Å². The topological polar surface area (TPSA) is 66.5 Å². The van der Waals surface area contributed by atoms with Crippen LogP contribution in [0.25, 0.3) is 0 Å². The molecule has 5 nitrogen and oxygen atoms in total. The second-order valence-electron chi connectivity index (χ2n) is 6.46. The van der Waals surface area contributed by atoms with Crippen molar-refractivity contribution < 1.29 is 13.2 Å². The van der Waals surface area contributed by atoms with E-state index in [9.17, 15) is 13.2 Å². The largest absolute Gasteiger partial charge is 0.355 e. The Bertz CT molecular complexity index is 602. The molecular weight excluding hydrogens is 312 g/mol. The van der Waals surface area contributed by atoms with Gasteiger partial charge in [0.25, 0.3) is 0 Å². The third-order valence-electron chi connectivity index (χ3n) is 4.08. The Kier molecular flexibility index (Phi) is 6.59. The van der Waals surface area contributed by atoms with Crippen molar-refractivity contribution in [1.29, 1.82) is 0 Å². The summed E-state index contributed by atoms with van der Waals surface area (Å²) in [6.07, 6.45) is 4.47. The molecule has 0 aliphatic carbocycles. The van der Waals surface area contributed by atoms with Gasteiger partial charge < -0.3 is 5.32 Å². The molecule has 1 unspecified atom stereocenters. The van der Waals surface area contributed by atoms with Crippen LogP contribution >= 0.6 is 0 Å². The van der Waals surface area contributed by atoms with E-state index in [-0.39, 0.29) is 0 Å². The van der Waals surface area contributed by atoms with Crippen LogP contribution in [0.3, 0.4) is 0 Å². The van der Waals surface area contributed by atoms with E-state index in [1.165, 1.54) is 12.0 Å². The maximum absolute atomic E-state index is 11.7. The van der Waals surface area contributed by atoms with Gasteiger partial charge >= 0.3 is 0 Å². The first kappa shape index (κ1) is 17.9. The van der Waals surface area contributed by atoms with Gasteiger partial charge in [0.1, 0.15) is 5.75 Å². The van der Waals surface area contributed by atoms with Crippen LogP contribution in [0.1, 0.15) is 24.8 Å². The normalized spacial score (nSPS) is 20.0. The first-order chi connectivity index (χ1) is 10.9. The molecule has 0 bridgehead atoms. The highest BCUT2D eigenvalue weighted by Crippen LogP contribution is 2.18. The Morgan fingerprint density at radius 3 is 2.70 bits per heavy atom. The number of carbonyl (C=O) groups is 1. The minimum atomic E-state index is -3.26. The summed E-state index contributed by atoms with van der Waals surface area (Å²) in [7, 11) is -3.26. The standard InChI is InChI=1S/C17H26N2O3S/c1-23(21,22)14-17(20)18-11-16-9-5-6-10-19(13-16)12-15-7-3-2-4-8-15/h2-4,7-8,16H,5-6,9-14H2,1H3,(H,18,20). The zero-order valence-corrected chi connectivity index (χ0v) is 14.5. The molecule has 1 aromatic carbocycles. The fourth-order valence-corrected chi connectivity index (χ4v) is 3.59. The average molecular weight is 338 g/mol. The Balaban J connectivity index is 1.83. The van der Waals surface area contributed by atoms with Crippen molar-refractivity contribution in [2.75, 3.05) is 31.6 Å². The number of benzene rings is 1. The van der Waals surface area contributed by atoms with Crippen molar-refractivity contribution in [2.45, 2.75) is 25.8 Å². The number of likely N-dealkylation sites (tertiary alicyclic amines) is 1. The van der Waals surface area contributed by atoms with Crippen molar-refractivity contribution in [3.63, 3.8) is 0 Å². The molecule has 2 rings (SSSR count). The van der Waals surface area contributed by atoms with Crippen molar-refractivity contribution in [1.82, 2.24) is 10.2 Å². The SMILES string of the molecule is CS(=O)(=O)CC(=O)NCC1CCCCN(Cc2ccccc2)C1. The van der Waals surface area contributed by atoms with Gasteiger partial charge in [-0.2, -0.15) is 0 Å². The molecular formula is C17H26N2O3S. The lowest BCUT2D eigenvalue weighted by Crippen LogP contribution is -2.37. The molecule has 0 radical (unpaired) electrons. The predicted molar refractivity (Wildman–Crippen MR) is 91.8 cm³/mol. The van der Waals surface area contributed by atoms with Gasteiger partial charge in [0.2, 0.25) is 5.91 Å². The number of hydrogen-bond acceptors (Lipinski definition) is 4. The molecule has 6 heteroatoms. The smallest absolute Gasteiger partial charge is 0.235 e. The zero-order chi connectivity index (χ0) is 16.7. The zero-order valence-electron chi connectivity index (χ0n) is 13.7. The molecule has 1 aliphatic heterocycles. The highest BCUT2D eigenvalue weighted by molar-refractivity contribution is 7.91. The summed E-state index contributed by atoms with van der Waals surface area (Å²) in [5.41, 5.74) is 1.30. The second kappa shape index (κ2) is 8.45. The highest BCUT2D eigenvalue weighted by atomic mass is 32.2. The maximum Gasteiger partial charge on any atom is 0.235 e. The number of nitrogens with one attached hydrogen (secondary N) is 1. The van der Waals surface area contributed by atoms with Crippen molar-refractivity contribution >= 4 is 15.7 Å². The van der Waals surface area contributed by atoms with E-state index in [1.807, 2.05) is 6.07 Å². The number of rotatable bonds is 6. The summed E-state index contributed by atoms with van der Waals surface area (Å²) in [5, 5.41) is 2.78. The lowest BCUT2D eigenvalue weighted by molar-refractivity contribution is -0.118. The van der Waals surface area contributed by atoms with Crippen LogP contribution in [-0.4, -0.2) is 50.9 Å². The van der Waals surface area contributed by atoms with E-state index in [1.54, 1.807) is 0 Å². The van der Waals surface area contributed by atoms with Crippen LogP contribution < -0.4 is 5.32 Å². The van der Waals surface area contributed by atoms with Crippen molar-refractivity contribution in [3.8, 4) is 0 Å². The molecule has 1 fully saturated rings. The monoisotopic (exact) mass is 338 g/mol. The highest BCUT2D eigenvalue weighted by Gasteiger charge is 2.19. The Labute approximate surface area is 139 Å². The molecule has 128 valence electrons. The fraction of sp³-hybridized carbons (Fsp3) is 0.588. The van der Waals surface area contributed by atoms with Crippen molar-refractivity contribution in [2.24, 2.45) is 5.92 Å². The van der Waals surface area contributed by atoms with Gasteiger partial charge in [-0.25, -0.2) is 8.42 Å². The molecule has 0 spiro atoms. The third-order valence-corrected chi connectivity index (χ3v) is 4.87. The van der Waals surface area contributed by atoms with E-state index in [2.05, 4.69) is 34.5 Å². The minimum Gasteiger partial charge on any atom is -0.355 e. The van der Waals surface area contributed by atoms with Gasteiger partial charge in [0, 0.05) is 25.9 Å². The molecule has 1 amide bonds. The Hall–Kier alpha value is -1.40. The Morgan fingerprint density at radius 2 is 2.00 bits per heavy atom. The van der Waals surface area contributed by atoms with Crippen LogP contribution in [-0.2, 0) is 21.2 Å². The number of sulfone groups is 1. The van der Waals surface area contributed by atoms with Crippen LogP contribution in [0.4, 0.5) is 0 Å². The summed E-state index contributed by atoms with van der Waals surface area (Å²) in [4.78, 5) is 14.1. The number of amides is 1. The van der Waals surface area contributed by atoms with Crippen molar-refractivity contribution in [3.05, 3.63) is 35.9 Å². The Morgan fingerprint density at radius 1 is 1.26 bits per heavy atom. The molecule has 23 heavy (non-hydrogen) atoms. The predicted octanol–water partition coefficient (Wildman–Crippen LogP) is 1.45. The number of hydrogen-bond donors (Lipinski definition) is 1. The van der Waals surface area contributed by atoms with Gasteiger partial charge in [-0.3, -0.25) is 9.69 Å². The summed E-state index contributed by atoms with van der Waals surface area (Å²) in [5.74, 6) is -0.441. The van der Waals surface area contributed by atoms with Crippen LogP contribution in [0.2, 0.25) is 0 Å². The molecule has 0 aromatic heterocycles. The molecule has 1 heterocycles. The molecule has 1 atom stereocenters. The van der Waals surface area contributed by atoms with Gasteiger partial charge in [-0.1, -0.05) is 36.8 Å². The van der Waals surface area contributed by atoms with E-state index >= 15 is 0 Å². The van der Waals surface area contributed by atoms with E-state index in [0.29, 0.717) is 12.5 Å². The first-order valence-corrected chi connectivity index (χ1v) is 10.2. The van der Waals surface area contributed by atoms with Gasteiger partial charge in [-0.05, 0) is 30.9 Å². The minimum absolute atomic E-state index is 0.379. The average Bonchev–Trinajstić information content (AvgIpc) is 2.70. The summed E-state index contributed by atoms with van der Waals surface area (Å²) in [6.45, 7) is 3.49. The summed E-state index contributed by atoms with van der Waals surface area (Å²) in [6, 6.07) is 10.4. The number of nitrogens with zero attached hydrogens (tertiary/aromatic N) is 1. The third kappa shape index (κ3) is 7.14. The number of carbonyl (C=O) groups excluding carboxylic acids is 1. The van der Waals surface area contributed by atoms with E-state index in [4.69, 9.17) is 0 Å². The molecule has 1 saturated heterocycles. The van der Waals surface area contributed by atoms with Gasteiger partial charge in [-0.15, -0.1) is 0 Å². The van der Waals surface area contributed by atoms with Gasteiger partial charge in [0.05, 0.1) is 0 Å². The van der Waals surface area contributed by atoms with Crippen LogP contribution in [0, 0.1) is 5.92 Å². The maximum atomic E-state index is 11.7. The van der Waals surface area contributed by atoms with E-state index < -0.39 is 21.5 Å². The summed E-state index contributed by atoms with van der Waals surface area (Å²) >= 11 is 0. The van der Waals surface area contributed by atoms with Crippen LogP contribution in [0.15, 0.2) is 30.3 Å². The molecule has 1 aliphatic rings. The molecule has 1 N–H and O–H groups in total. The first-order valence-electron chi connectivity index (χ1n) is 8.13. The fourth-order valence-electron chi connectivity index (χ4n) is 3.02. The lowest BCUT2D eigenvalue weighted by atomic mass is 10.0. The lowest BCUT2D eigenvalue weighted by Gasteiger charge is -2.24. The molecule has 1 aromatic rings.